The van der Waals surface area contributed by atoms with Crippen LogP contribution in [0.2, 0.25) is 0 Å². The monoisotopic (exact) mass is 192 g/mol. The first kappa shape index (κ1) is 9.53. The third kappa shape index (κ3) is 1.62. The van der Waals surface area contributed by atoms with Crippen molar-refractivity contribution in [2.75, 3.05) is 6.61 Å². The molecule has 0 aliphatic heterocycles. The van der Waals surface area contributed by atoms with Crippen LogP contribution in [0.25, 0.3) is 0 Å². The predicted octanol–water partition coefficient (Wildman–Crippen LogP) is 2.27. The van der Waals surface area contributed by atoms with Gasteiger partial charge in [-0.15, -0.1) is 0 Å². The molecular weight excluding hydrogens is 176 g/mol. The van der Waals surface area contributed by atoms with E-state index in [2.05, 4.69) is 0 Å². The van der Waals surface area contributed by atoms with E-state index in [-0.39, 0.29) is 12.5 Å². The van der Waals surface area contributed by atoms with Crippen molar-refractivity contribution >= 4 is 0 Å². The molecule has 1 atom stereocenters. The van der Waals surface area contributed by atoms with Gasteiger partial charge in [0.1, 0.15) is 5.75 Å². The number of hydrogen-bond acceptors (Lipinski definition) is 2. The van der Waals surface area contributed by atoms with Crippen LogP contribution in [-0.2, 0) is 0 Å². The Labute approximate surface area is 84.2 Å². The maximum atomic E-state index is 9.67. The lowest BCUT2D eigenvalue weighted by Crippen LogP contribution is -2.23. The van der Waals surface area contributed by atoms with Gasteiger partial charge in [-0.05, 0) is 30.4 Å². The Morgan fingerprint density at radius 1 is 1.29 bits per heavy atom. The Morgan fingerprint density at radius 3 is 2.50 bits per heavy atom. The second kappa shape index (κ2) is 4.01. The van der Waals surface area contributed by atoms with Crippen LogP contribution in [0.4, 0.5) is 0 Å². The number of phenolic OH excluding ortho intramolecular Hbond substituents is 1. The van der Waals surface area contributed by atoms with E-state index < -0.39 is 0 Å². The van der Waals surface area contributed by atoms with Crippen molar-refractivity contribution < 1.29 is 10.2 Å². The highest BCUT2D eigenvalue weighted by atomic mass is 16.3. The molecule has 1 aromatic rings. The summed E-state index contributed by atoms with van der Waals surface area (Å²) in [4.78, 5) is 0. The van der Waals surface area contributed by atoms with E-state index in [1.54, 1.807) is 6.07 Å². The first-order chi connectivity index (χ1) is 6.83. The molecule has 1 unspecified atom stereocenters. The molecule has 2 rings (SSSR count). The molecule has 14 heavy (non-hydrogen) atoms. The zero-order chi connectivity index (χ0) is 9.97. The SMILES string of the molecule is OCC(c1ccccc1O)C1CCC1. The molecule has 0 radical (unpaired) electrons. The van der Waals surface area contributed by atoms with E-state index in [1.165, 1.54) is 19.3 Å². The fraction of sp³-hybridized carbons (Fsp3) is 0.500. The molecule has 0 saturated heterocycles. The van der Waals surface area contributed by atoms with E-state index >= 15 is 0 Å². The Hall–Kier alpha value is -1.02. The molecule has 76 valence electrons. The van der Waals surface area contributed by atoms with Gasteiger partial charge in [-0.2, -0.15) is 0 Å². The van der Waals surface area contributed by atoms with Crippen molar-refractivity contribution in [3.8, 4) is 5.75 Å². The lowest BCUT2D eigenvalue weighted by Gasteiger charge is -2.33. The first-order valence-corrected chi connectivity index (χ1v) is 5.21. The van der Waals surface area contributed by atoms with Crippen molar-refractivity contribution in [1.82, 2.24) is 0 Å². The van der Waals surface area contributed by atoms with E-state index in [0.29, 0.717) is 11.7 Å². The van der Waals surface area contributed by atoms with Gasteiger partial charge in [-0.3, -0.25) is 0 Å². The Bertz CT molecular complexity index is 305. The standard InChI is InChI=1S/C12H16O2/c13-8-11(9-4-3-5-9)10-6-1-2-7-12(10)14/h1-2,6-7,9,11,13-14H,3-5,8H2. The van der Waals surface area contributed by atoms with Crippen LogP contribution < -0.4 is 0 Å². The van der Waals surface area contributed by atoms with Gasteiger partial charge in [0.15, 0.2) is 0 Å². The molecule has 2 heteroatoms. The molecule has 2 N–H and O–H groups in total. The second-order valence-electron chi connectivity index (χ2n) is 4.04. The number of para-hydroxylation sites is 1. The molecule has 0 heterocycles. The van der Waals surface area contributed by atoms with Gasteiger partial charge in [-0.1, -0.05) is 24.6 Å². The molecule has 0 bridgehead atoms. The molecule has 1 aliphatic carbocycles. The van der Waals surface area contributed by atoms with Crippen LogP contribution in [0.5, 0.6) is 5.75 Å². The van der Waals surface area contributed by atoms with Gasteiger partial charge in [0.25, 0.3) is 0 Å². The molecular formula is C12H16O2. The van der Waals surface area contributed by atoms with Gasteiger partial charge in [-0.25, -0.2) is 0 Å². The van der Waals surface area contributed by atoms with Crippen LogP contribution in [0.15, 0.2) is 24.3 Å². The molecule has 0 aromatic heterocycles. The molecule has 1 aromatic carbocycles. The summed E-state index contributed by atoms with van der Waals surface area (Å²) in [6, 6.07) is 7.33. The van der Waals surface area contributed by atoms with Crippen molar-refractivity contribution in [2.45, 2.75) is 25.2 Å². The molecule has 0 spiro atoms. The van der Waals surface area contributed by atoms with Crippen LogP contribution in [0.3, 0.4) is 0 Å². The van der Waals surface area contributed by atoms with Crippen molar-refractivity contribution in [2.24, 2.45) is 5.92 Å². The lowest BCUT2D eigenvalue weighted by molar-refractivity contribution is 0.171. The summed E-state index contributed by atoms with van der Waals surface area (Å²) in [5, 5.41) is 19.0. The van der Waals surface area contributed by atoms with Crippen molar-refractivity contribution in [3.63, 3.8) is 0 Å². The average Bonchev–Trinajstić information content (AvgIpc) is 2.12. The molecule has 1 fully saturated rings. The Kier molecular flexibility index (Phi) is 2.73. The van der Waals surface area contributed by atoms with E-state index in [1.807, 2.05) is 18.2 Å². The quantitative estimate of drug-likeness (QED) is 0.771. The normalized spacial score (nSPS) is 18.9. The topological polar surface area (TPSA) is 40.5 Å². The second-order valence-corrected chi connectivity index (χ2v) is 4.04. The number of rotatable bonds is 3. The largest absolute Gasteiger partial charge is 0.508 e. The molecule has 1 saturated carbocycles. The number of phenols is 1. The number of aliphatic hydroxyl groups excluding tert-OH is 1. The molecule has 1 aliphatic rings. The van der Waals surface area contributed by atoms with Crippen LogP contribution in [0.1, 0.15) is 30.7 Å². The third-order valence-corrected chi connectivity index (χ3v) is 3.25. The maximum Gasteiger partial charge on any atom is 0.119 e. The summed E-state index contributed by atoms with van der Waals surface area (Å²) < 4.78 is 0. The fourth-order valence-electron chi connectivity index (χ4n) is 2.14. The van der Waals surface area contributed by atoms with E-state index in [0.717, 1.165) is 5.56 Å². The van der Waals surface area contributed by atoms with Gasteiger partial charge >= 0.3 is 0 Å². The minimum atomic E-state index is 0.130. The van der Waals surface area contributed by atoms with Gasteiger partial charge in [0, 0.05) is 5.92 Å². The van der Waals surface area contributed by atoms with Crippen molar-refractivity contribution in [1.29, 1.82) is 0 Å². The van der Waals surface area contributed by atoms with Gasteiger partial charge in [0.2, 0.25) is 0 Å². The minimum Gasteiger partial charge on any atom is -0.508 e. The fourth-order valence-corrected chi connectivity index (χ4v) is 2.14. The Balaban J connectivity index is 2.22. The van der Waals surface area contributed by atoms with Crippen LogP contribution in [0, 0.1) is 5.92 Å². The zero-order valence-electron chi connectivity index (χ0n) is 8.19. The van der Waals surface area contributed by atoms with E-state index in [4.69, 9.17) is 0 Å². The van der Waals surface area contributed by atoms with Gasteiger partial charge in [0.05, 0.1) is 6.61 Å². The number of aliphatic hydroxyl groups is 1. The molecule has 2 nitrogen and oxygen atoms in total. The highest BCUT2D eigenvalue weighted by molar-refractivity contribution is 5.35. The lowest BCUT2D eigenvalue weighted by atomic mass is 9.73. The highest BCUT2D eigenvalue weighted by Crippen LogP contribution is 2.41. The number of hydrogen-bond donors (Lipinski definition) is 2. The average molecular weight is 192 g/mol. The maximum absolute atomic E-state index is 9.67. The zero-order valence-corrected chi connectivity index (χ0v) is 8.19. The van der Waals surface area contributed by atoms with E-state index in [9.17, 15) is 10.2 Å². The van der Waals surface area contributed by atoms with Crippen molar-refractivity contribution in [3.05, 3.63) is 29.8 Å². The van der Waals surface area contributed by atoms with Crippen LogP contribution >= 0.6 is 0 Å². The molecule has 0 amide bonds. The summed E-state index contributed by atoms with van der Waals surface area (Å²) >= 11 is 0. The summed E-state index contributed by atoms with van der Waals surface area (Å²) in [5.41, 5.74) is 0.903. The first-order valence-electron chi connectivity index (χ1n) is 5.21. The van der Waals surface area contributed by atoms with Gasteiger partial charge < -0.3 is 10.2 Å². The third-order valence-electron chi connectivity index (χ3n) is 3.25. The number of benzene rings is 1. The highest BCUT2D eigenvalue weighted by Gasteiger charge is 2.29. The summed E-state index contributed by atoms with van der Waals surface area (Å²) in [6.45, 7) is 0.141. The predicted molar refractivity (Wildman–Crippen MR) is 55.3 cm³/mol. The summed E-state index contributed by atoms with van der Waals surface area (Å²) in [5.74, 6) is 1.01. The Morgan fingerprint density at radius 2 is 2.00 bits per heavy atom. The smallest absolute Gasteiger partial charge is 0.119 e. The number of aromatic hydroxyl groups is 1. The van der Waals surface area contributed by atoms with Crippen LogP contribution in [-0.4, -0.2) is 16.8 Å². The summed E-state index contributed by atoms with van der Waals surface area (Å²) in [7, 11) is 0. The summed E-state index contributed by atoms with van der Waals surface area (Å²) in [6.07, 6.45) is 3.62. The minimum absolute atomic E-state index is 0.130.